The van der Waals surface area contributed by atoms with E-state index in [-0.39, 0.29) is 36.4 Å². The van der Waals surface area contributed by atoms with E-state index in [0.29, 0.717) is 26.2 Å². The average Bonchev–Trinajstić information content (AvgIpc) is 3.24. The number of hydrogen-bond donors (Lipinski definition) is 1. The van der Waals surface area contributed by atoms with Crippen LogP contribution in [0.25, 0.3) is 0 Å². The van der Waals surface area contributed by atoms with Crippen LogP contribution in [0.5, 0.6) is 0 Å². The number of fused-ring (bicyclic) bond motifs is 2. The molecule has 0 saturated carbocycles. The molecule has 0 spiro atoms. The first-order chi connectivity index (χ1) is 17.4. The Kier molecular flexibility index (Phi) is 7.57. The van der Waals surface area contributed by atoms with Crippen molar-refractivity contribution in [1.29, 1.82) is 0 Å². The zero-order valence-corrected chi connectivity index (χ0v) is 21.6. The van der Waals surface area contributed by atoms with E-state index in [9.17, 15) is 4.79 Å². The second-order valence-corrected chi connectivity index (χ2v) is 10.4. The first-order valence-electron chi connectivity index (χ1n) is 13.1. The molecule has 1 amide bonds. The lowest BCUT2D eigenvalue weighted by molar-refractivity contribution is -0.143. The van der Waals surface area contributed by atoms with Crippen LogP contribution in [-0.2, 0) is 30.3 Å². The quantitative estimate of drug-likeness (QED) is 0.610. The smallest absolute Gasteiger partial charge is 0.256 e. The first kappa shape index (κ1) is 25.1. The molecule has 8 nitrogen and oxygen atoms in total. The fraction of sp³-hybridized carbons (Fsp3) is 0.571. The second kappa shape index (κ2) is 10.8. The summed E-state index contributed by atoms with van der Waals surface area (Å²) in [7, 11) is 0. The van der Waals surface area contributed by atoms with Gasteiger partial charge in [0.15, 0.2) is 0 Å². The highest BCUT2D eigenvalue weighted by atomic mass is 16.6. The molecular weight excluding hydrogens is 458 g/mol. The Morgan fingerprint density at radius 2 is 1.83 bits per heavy atom. The molecule has 2 aromatic rings. The Bertz CT molecular complexity index is 1070. The van der Waals surface area contributed by atoms with Gasteiger partial charge in [-0.25, -0.2) is 4.98 Å². The van der Waals surface area contributed by atoms with E-state index in [1.807, 2.05) is 50.8 Å². The molecule has 194 valence electrons. The van der Waals surface area contributed by atoms with Crippen molar-refractivity contribution in [1.82, 2.24) is 4.98 Å². The third-order valence-electron chi connectivity index (χ3n) is 6.82. The van der Waals surface area contributed by atoms with Crippen LogP contribution >= 0.6 is 0 Å². The number of nitrogens with one attached hydrogen (secondary N) is 1. The lowest BCUT2D eigenvalue weighted by atomic mass is 10.0. The summed E-state index contributed by atoms with van der Waals surface area (Å²) >= 11 is 0. The van der Waals surface area contributed by atoms with E-state index in [0.717, 1.165) is 41.2 Å². The van der Waals surface area contributed by atoms with Crippen LogP contribution in [0.15, 0.2) is 36.5 Å². The maximum atomic E-state index is 13.9. The van der Waals surface area contributed by atoms with Gasteiger partial charge in [0.05, 0.1) is 61.7 Å². The normalized spacial score (nSPS) is 25.9. The SMILES string of the molecule is CC(C)O[C@@H]1COC(c2ccc3c(c2)N(C(=O)[C@H]2CC[C@H](OC(C)C)CO2)Cc2cccnc2N3)C1. The summed E-state index contributed by atoms with van der Waals surface area (Å²) in [4.78, 5) is 20.2. The van der Waals surface area contributed by atoms with E-state index < -0.39 is 6.10 Å². The summed E-state index contributed by atoms with van der Waals surface area (Å²) < 4.78 is 24.0. The molecule has 3 aliphatic heterocycles. The molecule has 3 aliphatic rings. The molecule has 1 unspecified atom stereocenters. The zero-order chi connectivity index (χ0) is 25.2. The number of anilines is 3. The van der Waals surface area contributed by atoms with Crippen molar-refractivity contribution < 1.29 is 23.7 Å². The van der Waals surface area contributed by atoms with Crippen molar-refractivity contribution in [3.8, 4) is 0 Å². The number of hydrogen-bond acceptors (Lipinski definition) is 7. The standard InChI is InChI=1S/C28H37N3O5/c1-17(2)35-21-8-10-25(33-15-21)28(32)31-14-20-6-5-11-29-27(20)30-23-9-7-19(12-24(23)31)26-13-22(16-34-26)36-18(3)4/h5-7,9,11-12,17-18,21-22,25-26H,8,10,13-16H2,1-4H3,(H,29,30)/t21-,22-,25+,26?/m0/s1. The minimum absolute atomic E-state index is 0.0317. The van der Waals surface area contributed by atoms with E-state index in [1.165, 1.54) is 0 Å². The van der Waals surface area contributed by atoms with Crippen LogP contribution in [0.1, 0.15) is 64.2 Å². The highest BCUT2D eigenvalue weighted by Gasteiger charge is 2.35. The lowest BCUT2D eigenvalue weighted by Crippen LogP contribution is -2.44. The van der Waals surface area contributed by atoms with E-state index in [4.69, 9.17) is 18.9 Å². The Morgan fingerprint density at radius 1 is 1.06 bits per heavy atom. The average molecular weight is 496 g/mol. The Labute approximate surface area is 213 Å². The molecule has 1 aromatic heterocycles. The van der Waals surface area contributed by atoms with Crippen LogP contribution in [0.3, 0.4) is 0 Å². The lowest BCUT2D eigenvalue weighted by Gasteiger charge is -2.33. The molecule has 36 heavy (non-hydrogen) atoms. The van der Waals surface area contributed by atoms with Crippen molar-refractivity contribution in [3.63, 3.8) is 0 Å². The molecule has 2 fully saturated rings. The molecular formula is C28H37N3O5. The molecule has 8 heteroatoms. The fourth-order valence-corrected chi connectivity index (χ4v) is 5.24. The highest BCUT2D eigenvalue weighted by Crippen LogP contribution is 2.40. The highest BCUT2D eigenvalue weighted by molar-refractivity contribution is 6.01. The van der Waals surface area contributed by atoms with Gasteiger partial charge in [-0.3, -0.25) is 4.79 Å². The van der Waals surface area contributed by atoms with Crippen LogP contribution in [0.2, 0.25) is 0 Å². The van der Waals surface area contributed by atoms with E-state index in [2.05, 4.69) is 22.4 Å². The van der Waals surface area contributed by atoms with Gasteiger partial charge in [-0.15, -0.1) is 0 Å². The van der Waals surface area contributed by atoms with Gasteiger partial charge in [-0.2, -0.15) is 0 Å². The summed E-state index contributed by atoms with van der Waals surface area (Å²) in [5, 5.41) is 3.44. The van der Waals surface area contributed by atoms with Gasteiger partial charge >= 0.3 is 0 Å². The number of benzene rings is 1. The molecule has 0 bridgehead atoms. The number of aromatic nitrogens is 1. The predicted molar refractivity (Wildman–Crippen MR) is 137 cm³/mol. The third kappa shape index (κ3) is 5.57. The molecule has 1 N–H and O–H groups in total. The summed E-state index contributed by atoms with van der Waals surface area (Å²) in [5.74, 6) is 0.725. The number of rotatable bonds is 6. The summed E-state index contributed by atoms with van der Waals surface area (Å²) in [6.07, 6.45) is 3.83. The molecule has 1 aromatic carbocycles. The maximum Gasteiger partial charge on any atom is 0.256 e. The predicted octanol–water partition coefficient (Wildman–Crippen LogP) is 4.90. The number of pyridine rings is 1. The number of carbonyl (C=O) groups is 1. The zero-order valence-electron chi connectivity index (χ0n) is 21.6. The number of carbonyl (C=O) groups excluding carboxylic acids is 1. The monoisotopic (exact) mass is 495 g/mol. The Balaban J connectivity index is 1.40. The summed E-state index contributed by atoms with van der Waals surface area (Å²) in [5.41, 5.74) is 3.66. The molecule has 4 atom stereocenters. The maximum absolute atomic E-state index is 13.9. The van der Waals surface area contributed by atoms with Crippen LogP contribution in [0, 0.1) is 0 Å². The number of amides is 1. The van der Waals surface area contributed by atoms with E-state index in [1.54, 1.807) is 6.20 Å². The van der Waals surface area contributed by atoms with Crippen LogP contribution in [-0.4, -0.2) is 54.6 Å². The minimum atomic E-state index is -0.502. The largest absolute Gasteiger partial charge is 0.373 e. The summed E-state index contributed by atoms with van der Waals surface area (Å²) in [6.45, 7) is 9.55. The topological polar surface area (TPSA) is 82.2 Å². The molecule has 5 rings (SSSR count). The Morgan fingerprint density at radius 3 is 2.58 bits per heavy atom. The third-order valence-corrected chi connectivity index (χ3v) is 6.82. The molecule has 0 aliphatic carbocycles. The first-order valence-corrected chi connectivity index (χ1v) is 13.1. The van der Waals surface area contributed by atoms with Gasteiger partial charge in [-0.1, -0.05) is 12.1 Å². The fourth-order valence-electron chi connectivity index (χ4n) is 5.24. The summed E-state index contributed by atoms with van der Waals surface area (Å²) in [6, 6.07) is 10.1. The van der Waals surface area contributed by atoms with E-state index >= 15 is 0 Å². The van der Waals surface area contributed by atoms with Gasteiger partial charge in [0, 0.05) is 18.2 Å². The van der Waals surface area contributed by atoms with Crippen molar-refractivity contribution in [2.75, 3.05) is 23.4 Å². The van der Waals surface area contributed by atoms with Gasteiger partial charge in [0.2, 0.25) is 0 Å². The van der Waals surface area contributed by atoms with Gasteiger partial charge in [0.25, 0.3) is 5.91 Å². The van der Waals surface area contributed by atoms with Crippen LogP contribution in [0.4, 0.5) is 17.2 Å². The number of ether oxygens (including phenoxy) is 4. The van der Waals surface area contributed by atoms with Crippen molar-refractivity contribution in [2.24, 2.45) is 0 Å². The van der Waals surface area contributed by atoms with Crippen molar-refractivity contribution >= 4 is 23.1 Å². The molecule has 4 heterocycles. The van der Waals surface area contributed by atoms with Crippen molar-refractivity contribution in [2.45, 2.75) is 90.1 Å². The Hall–Kier alpha value is -2.52. The minimum Gasteiger partial charge on any atom is -0.373 e. The van der Waals surface area contributed by atoms with Gasteiger partial charge < -0.3 is 29.2 Å². The van der Waals surface area contributed by atoms with Gasteiger partial charge in [-0.05, 0) is 64.3 Å². The second-order valence-electron chi connectivity index (χ2n) is 10.4. The van der Waals surface area contributed by atoms with Crippen LogP contribution < -0.4 is 10.2 Å². The van der Waals surface area contributed by atoms with Crippen molar-refractivity contribution in [3.05, 3.63) is 47.7 Å². The van der Waals surface area contributed by atoms with Gasteiger partial charge in [0.1, 0.15) is 11.9 Å². The molecule has 0 radical (unpaired) electrons. The number of nitrogens with zero attached hydrogens (tertiary/aromatic N) is 2. The molecule has 2 saturated heterocycles.